The number of aromatic nitrogens is 1. The Bertz CT molecular complexity index is 292. The second-order valence-corrected chi connectivity index (χ2v) is 4.10. The summed E-state index contributed by atoms with van der Waals surface area (Å²) < 4.78 is 5.72. The molecular weight excluding hydrogens is 190 g/mol. The molecule has 0 aromatic carbocycles. The summed E-state index contributed by atoms with van der Waals surface area (Å²) in [4.78, 5) is 4.35. The van der Waals surface area contributed by atoms with Crippen LogP contribution >= 0.6 is 0 Å². The van der Waals surface area contributed by atoms with Gasteiger partial charge in [-0.1, -0.05) is 0 Å². The van der Waals surface area contributed by atoms with E-state index in [4.69, 9.17) is 10.2 Å². The van der Waals surface area contributed by atoms with E-state index in [1.165, 1.54) is 12.8 Å². The quantitative estimate of drug-likeness (QED) is 0.777. The lowest BCUT2D eigenvalue weighted by molar-refractivity contribution is 0.362. The number of piperidine rings is 1. The summed E-state index contributed by atoms with van der Waals surface area (Å²) in [6.07, 6.45) is 6.12. The van der Waals surface area contributed by atoms with E-state index in [0.29, 0.717) is 12.5 Å². The first-order chi connectivity index (χ1) is 7.40. The third-order valence-corrected chi connectivity index (χ3v) is 2.84. The molecule has 1 aromatic rings. The average Bonchev–Trinajstić information content (AvgIpc) is 2.76. The van der Waals surface area contributed by atoms with E-state index in [2.05, 4.69) is 10.3 Å². The number of hydrogen-bond acceptors (Lipinski definition) is 4. The van der Waals surface area contributed by atoms with Crippen LogP contribution in [-0.2, 0) is 6.42 Å². The Morgan fingerprint density at radius 2 is 2.53 bits per heavy atom. The molecule has 2 rings (SSSR count). The van der Waals surface area contributed by atoms with Crippen molar-refractivity contribution in [3.63, 3.8) is 0 Å². The molecule has 1 aromatic heterocycles. The summed E-state index contributed by atoms with van der Waals surface area (Å²) in [5.41, 5.74) is 5.45. The van der Waals surface area contributed by atoms with E-state index < -0.39 is 0 Å². The lowest BCUT2D eigenvalue weighted by Gasteiger charge is -2.19. The molecule has 0 bridgehead atoms. The van der Waals surface area contributed by atoms with Crippen molar-refractivity contribution in [3.05, 3.63) is 17.8 Å². The van der Waals surface area contributed by atoms with Crippen molar-refractivity contribution in [1.29, 1.82) is 0 Å². The van der Waals surface area contributed by atoms with Crippen molar-refractivity contribution in [2.24, 2.45) is 5.73 Å². The second-order valence-electron chi connectivity index (χ2n) is 4.10. The lowest BCUT2D eigenvalue weighted by atomic mass is 10.00. The van der Waals surface area contributed by atoms with Gasteiger partial charge in [-0.15, -0.1) is 0 Å². The van der Waals surface area contributed by atoms with Gasteiger partial charge in [-0.25, -0.2) is 4.98 Å². The second kappa shape index (κ2) is 5.28. The van der Waals surface area contributed by atoms with Gasteiger partial charge < -0.3 is 15.5 Å². The molecule has 4 heteroatoms. The van der Waals surface area contributed by atoms with Crippen molar-refractivity contribution in [2.75, 3.05) is 19.6 Å². The largest absolute Gasteiger partial charge is 0.445 e. The first-order valence-corrected chi connectivity index (χ1v) is 5.75. The first-order valence-electron chi connectivity index (χ1n) is 5.75. The molecule has 1 fully saturated rings. The molecule has 1 unspecified atom stereocenters. The highest BCUT2D eigenvalue weighted by Crippen LogP contribution is 2.22. The summed E-state index contributed by atoms with van der Waals surface area (Å²) in [6, 6.07) is 0. The minimum atomic E-state index is 0.463. The standard InChI is InChI=1S/C11H19N3O/c12-5-1-4-10-8-14-11(15-10)9-3-2-6-13-7-9/h8-9,13H,1-7,12H2. The fourth-order valence-electron chi connectivity index (χ4n) is 1.97. The molecule has 1 aliphatic heterocycles. The molecule has 3 N–H and O–H groups in total. The fraction of sp³-hybridized carbons (Fsp3) is 0.727. The van der Waals surface area contributed by atoms with Gasteiger partial charge >= 0.3 is 0 Å². The molecule has 0 aliphatic carbocycles. The van der Waals surface area contributed by atoms with Crippen LogP contribution in [0.1, 0.15) is 36.8 Å². The summed E-state index contributed by atoms with van der Waals surface area (Å²) in [6.45, 7) is 2.83. The minimum Gasteiger partial charge on any atom is -0.445 e. The molecule has 1 saturated heterocycles. The predicted molar refractivity (Wildman–Crippen MR) is 58.7 cm³/mol. The van der Waals surface area contributed by atoms with Crippen molar-refractivity contribution in [2.45, 2.75) is 31.6 Å². The van der Waals surface area contributed by atoms with Gasteiger partial charge in [0.1, 0.15) is 5.76 Å². The van der Waals surface area contributed by atoms with E-state index in [9.17, 15) is 0 Å². The number of nitrogens with one attached hydrogen (secondary N) is 1. The zero-order chi connectivity index (χ0) is 10.5. The van der Waals surface area contributed by atoms with E-state index in [0.717, 1.165) is 37.6 Å². The van der Waals surface area contributed by atoms with Gasteiger partial charge in [0.25, 0.3) is 0 Å². The van der Waals surface area contributed by atoms with Crippen LogP contribution < -0.4 is 11.1 Å². The topological polar surface area (TPSA) is 64.1 Å². The predicted octanol–water partition coefficient (Wildman–Crippen LogP) is 1.03. The van der Waals surface area contributed by atoms with Crippen LogP contribution in [0.5, 0.6) is 0 Å². The number of nitrogens with zero attached hydrogens (tertiary/aromatic N) is 1. The van der Waals surface area contributed by atoms with Crippen LogP contribution in [0.25, 0.3) is 0 Å². The number of nitrogens with two attached hydrogens (primary N) is 1. The number of rotatable bonds is 4. The maximum Gasteiger partial charge on any atom is 0.198 e. The molecule has 0 amide bonds. The summed E-state index contributed by atoms with van der Waals surface area (Å²) >= 11 is 0. The minimum absolute atomic E-state index is 0.463. The molecule has 2 heterocycles. The van der Waals surface area contributed by atoms with Crippen LogP contribution in [0.2, 0.25) is 0 Å². The molecule has 15 heavy (non-hydrogen) atoms. The normalized spacial score (nSPS) is 21.8. The highest BCUT2D eigenvalue weighted by Gasteiger charge is 2.19. The molecular formula is C11H19N3O. The fourth-order valence-corrected chi connectivity index (χ4v) is 1.97. The van der Waals surface area contributed by atoms with Crippen molar-refractivity contribution >= 4 is 0 Å². The molecule has 4 nitrogen and oxygen atoms in total. The van der Waals surface area contributed by atoms with Crippen LogP contribution in [0.15, 0.2) is 10.6 Å². The van der Waals surface area contributed by atoms with Crippen LogP contribution in [-0.4, -0.2) is 24.6 Å². The van der Waals surface area contributed by atoms with Crippen molar-refractivity contribution < 1.29 is 4.42 Å². The van der Waals surface area contributed by atoms with Crippen LogP contribution in [0.3, 0.4) is 0 Å². The van der Waals surface area contributed by atoms with Gasteiger partial charge in [-0.3, -0.25) is 0 Å². The Balaban J connectivity index is 1.93. The summed E-state index contributed by atoms with van der Waals surface area (Å²) in [5, 5.41) is 3.37. The highest BCUT2D eigenvalue weighted by molar-refractivity contribution is 5.01. The average molecular weight is 209 g/mol. The molecule has 1 aliphatic rings. The Morgan fingerprint density at radius 3 is 3.27 bits per heavy atom. The highest BCUT2D eigenvalue weighted by atomic mass is 16.4. The number of oxazole rings is 1. The number of aryl methyl sites for hydroxylation is 1. The Labute approximate surface area is 90.2 Å². The van der Waals surface area contributed by atoms with E-state index >= 15 is 0 Å². The van der Waals surface area contributed by atoms with Gasteiger partial charge in [0.15, 0.2) is 5.89 Å². The summed E-state index contributed by atoms with van der Waals surface area (Å²) in [7, 11) is 0. The van der Waals surface area contributed by atoms with E-state index in [-0.39, 0.29) is 0 Å². The van der Waals surface area contributed by atoms with Gasteiger partial charge in [0, 0.05) is 18.9 Å². The van der Waals surface area contributed by atoms with Gasteiger partial charge in [0.2, 0.25) is 0 Å². The monoisotopic (exact) mass is 209 g/mol. The Hall–Kier alpha value is -0.870. The lowest BCUT2D eigenvalue weighted by Crippen LogP contribution is -2.28. The van der Waals surface area contributed by atoms with Gasteiger partial charge in [-0.2, -0.15) is 0 Å². The molecule has 0 saturated carbocycles. The Kier molecular flexibility index (Phi) is 3.75. The molecule has 0 radical (unpaired) electrons. The van der Waals surface area contributed by atoms with Crippen molar-refractivity contribution in [3.8, 4) is 0 Å². The smallest absolute Gasteiger partial charge is 0.198 e. The van der Waals surface area contributed by atoms with E-state index in [1.807, 2.05) is 6.20 Å². The van der Waals surface area contributed by atoms with Gasteiger partial charge in [0.05, 0.1) is 6.20 Å². The Morgan fingerprint density at radius 1 is 1.60 bits per heavy atom. The maximum absolute atomic E-state index is 5.72. The van der Waals surface area contributed by atoms with Crippen molar-refractivity contribution in [1.82, 2.24) is 10.3 Å². The van der Waals surface area contributed by atoms with Crippen LogP contribution in [0.4, 0.5) is 0 Å². The SMILES string of the molecule is NCCCc1cnc(C2CCCNC2)o1. The van der Waals surface area contributed by atoms with Crippen LogP contribution in [0, 0.1) is 0 Å². The molecule has 1 atom stereocenters. The molecule has 84 valence electrons. The number of hydrogen-bond donors (Lipinski definition) is 2. The zero-order valence-electron chi connectivity index (χ0n) is 9.04. The molecule has 0 spiro atoms. The summed E-state index contributed by atoms with van der Waals surface area (Å²) in [5.74, 6) is 2.33. The third kappa shape index (κ3) is 2.79. The van der Waals surface area contributed by atoms with E-state index in [1.54, 1.807) is 0 Å². The third-order valence-electron chi connectivity index (χ3n) is 2.84. The first kappa shape index (κ1) is 10.6. The zero-order valence-corrected chi connectivity index (χ0v) is 9.04. The maximum atomic E-state index is 5.72. The van der Waals surface area contributed by atoms with Gasteiger partial charge in [-0.05, 0) is 32.4 Å².